The van der Waals surface area contributed by atoms with E-state index < -0.39 is 0 Å². The molecule has 0 spiro atoms. The van der Waals surface area contributed by atoms with Crippen LogP contribution in [-0.4, -0.2) is 29.0 Å². The van der Waals surface area contributed by atoms with Gasteiger partial charge in [0.1, 0.15) is 11.8 Å². The Morgan fingerprint density at radius 1 is 1.26 bits per heavy atom. The Morgan fingerprint density at radius 2 is 2.11 bits per heavy atom. The highest BCUT2D eigenvalue weighted by atomic mass is 32.1. The number of benzene rings is 1. The smallest absolute Gasteiger partial charge is 0.319 e. The normalized spacial score (nSPS) is 11.7. The highest BCUT2D eigenvalue weighted by Gasteiger charge is 2.16. The number of hydrogen-bond donors (Lipinski definition) is 2. The van der Waals surface area contributed by atoms with Crippen LogP contribution in [-0.2, 0) is 0 Å². The summed E-state index contributed by atoms with van der Waals surface area (Å²) in [5, 5.41) is 12.1. The maximum Gasteiger partial charge on any atom is 0.319 e. The third kappa shape index (κ3) is 5.59. The topological polar surface area (TPSA) is 68.2 Å². The number of amides is 2. The lowest BCUT2D eigenvalue weighted by Crippen LogP contribution is -2.34. The van der Waals surface area contributed by atoms with Crippen molar-refractivity contribution in [3.8, 4) is 5.75 Å². The molecule has 0 saturated heterocycles. The molecule has 0 aliphatic rings. The second kappa shape index (κ2) is 9.78. The lowest BCUT2D eigenvalue weighted by atomic mass is 10.2. The molecule has 0 aliphatic carbocycles. The van der Waals surface area contributed by atoms with Gasteiger partial charge in [0.05, 0.1) is 6.61 Å². The van der Waals surface area contributed by atoms with Crippen molar-refractivity contribution >= 4 is 23.1 Å². The Labute approximate surface area is 163 Å². The van der Waals surface area contributed by atoms with E-state index in [-0.39, 0.29) is 12.1 Å². The molecule has 2 N–H and O–H groups in total. The predicted octanol–water partition coefficient (Wildman–Crippen LogP) is 4.53. The molecular formula is C20H24N4O2S. The van der Waals surface area contributed by atoms with E-state index in [1.54, 1.807) is 17.5 Å². The number of carbonyl (C=O) groups excluding carboxylic acids is 1. The SMILES string of the molecule is CCCCOc1ccc(NC(=O)NCC(c2cccs2)n2cccn2)cc1. The third-order valence-electron chi connectivity index (χ3n) is 4.05. The number of unbranched alkanes of at least 4 members (excludes halogenated alkanes) is 1. The fourth-order valence-electron chi connectivity index (χ4n) is 2.60. The van der Waals surface area contributed by atoms with Gasteiger partial charge in [0.2, 0.25) is 0 Å². The summed E-state index contributed by atoms with van der Waals surface area (Å²) in [7, 11) is 0. The van der Waals surface area contributed by atoms with E-state index in [4.69, 9.17) is 4.74 Å². The van der Waals surface area contributed by atoms with Crippen LogP contribution < -0.4 is 15.4 Å². The lowest BCUT2D eigenvalue weighted by molar-refractivity contribution is 0.250. The van der Waals surface area contributed by atoms with Crippen LogP contribution >= 0.6 is 11.3 Å². The summed E-state index contributed by atoms with van der Waals surface area (Å²) in [6.45, 7) is 3.29. The molecule has 142 valence electrons. The maximum absolute atomic E-state index is 12.3. The van der Waals surface area contributed by atoms with Gasteiger partial charge in [-0.2, -0.15) is 5.10 Å². The first-order valence-corrected chi connectivity index (χ1v) is 9.94. The number of thiophene rings is 1. The molecule has 2 aromatic heterocycles. The van der Waals surface area contributed by atoms with Crippen molar-refractivity contribution in [2.24, 2.45) is 0 Å². The van der Waals surface area contributed by atoms with E-state index in [1.807, 2.05) is 58.7 Å². The largest absolute Gasteiger partial charge is 0.494 e. The van der Waals surface area contributed by atoms with Crippen molar-refractivity contribution in [3.05, 3.63) is 65.1 Å². The molecule has 0 saturated carbocycles. The van der Waals surface area contributed by atoms with Crippen molar-refractivity contribution in [3.63, 3.8) is 0 Å². The first-order valence-electron chi connectivity index (χ1n) is 9.06. The second-order valence-corrected chi connectivity index (χ2v) is 7.06. The predicted molar refractivity (Wildman–Crippen MR) is 109 cm³/mol. The van der Waals surface area contributed by atoms with Crippen molar-refractivity contribution in [1.82, 2.24) is 15.1 Å². The van der Waals surface area contributed by atoms with Crippen molar-refractivity contribution in [2.45, 2.75) is 25.8 Å². The van der Waals surface area contributed by atoms with Gasteiger partial charge >= 0.3 is 6.03 Å². The van der Waals surface area contributed by atoms with E-state index in [9.17, 15) is 4.79 Å². The zero-order valence-electron chi connectivity index (χ0n) is 15.3. The number of anilines is 1. The molecule has 2 amide bonds. The molecule has 7 heteroatoms. The number of hydrogen-bond acceptors (Lipinski definition) is 4. The second-order valence-electron chi connectivity index (χ2n) is 6.08. The van der Waals surface area contributed by atoms with Gasteiger partial charge in [-0.3, -0.25) is 4.68 Å². The van der Waals surface area contributed by atoms with E-state index in [0.717, 1.165) is 29.2 Å². The monoisotopic (exact) mass is 384 g/mol. The molecule has 0 radical (unpaired) electrons. The fraction of sp³-hybridized carbons (Fsp3) is 0.300. The van der Waals surface area contributed by atoms with Crippen molar-refractivity contribution < 1.29 is 9.53 Å². The van der Waals surface area contributed by atoms with Gasteiger partial charge in [0.15, 0.2) is 0 Å². The van der Waals surface area contributed by atoms with Crippen molar-refractivity contribution in [2.75, 3.05) is 18.5 Å². The molecule has 1 unspecified atom stereocenters. The Morgan fingerprint density at radius 3 is 2.78 bits per heavy atom. The molecule has 3 aromatic rings. The summed E-state index contributed by atoms with van der Waals surface area (Å²) in [6.07, 6.45) is 5.78. The van der Waals surface area contributed by atoms with Crippen LogP contribution in [0.15, 0.2) is 60.2 Å². The zero-order chi connectivity index (χ0) is 18.9. The molecule has 1 atom stereocenters. The van der Waals surface area contributed by atoms with Gasteiger partial charge in [-0.05, 0) is 48.2 Å². The summed E-state index contributed by atoms with van der Waals surface area (Å²) in [5.74, 6) is 0.811. The van der Waals surface area contributed by atoms with Gasteiger partial charge in [-0.15, -0.1) is 11.3 Å². The van der Waals surface area contributed by atoms with Crippen LogP contribution in [0.4, 0.5) is 10.5 Å². The number of aromatic nitrogens is 2. The molecule has 3 rings (SSSR count). The van der Waals surface area contributed by atoms with Gasteiger partial charge in [-0.25, -0.2) is 4.79 Å². The fourth-order valence-corrected chi connectivity index (χ4v) is 3.42. The average Bonchev–Trinajstić information content (AvgIpc) is 3.38. The summed E-state index contributed by atoms with van der Waals surface area (Å²) >= 11 is 1.65. The van der Waals surface area contributed by atoms with E-state index in [1.165, 1.54) is 0 Å². The number of urea groups is 1. The van der Waals surface area contributed by atoms with E-state index in [2.05, 4.69) is 22.7 Å². The minimum atomic E-state index is -0.247. The first-order chi connectivity index (χ1) is 13.3. The van der Waals surface area contributed by atoms with Gasteiger partial charge in [-0.1, -0.05) is 19.4 Å². The highest BCUT2D eigenvalue weighted by Crippen LogP contribution is 2.22. The van der Waals surface area contributed by atoms with Crippen LogP contribution in [0.5, 0.6) is 5.75 Å². The number of nitrogens with zero attached hydrogens (tertiary/aromatic N) is 2. The number of nitrogens with one attached hydrogen (secondary N) is 2. The molecular weight excluding hydrogens is 360 g/mol. The summed E-state index contributed by atoms with van der Waals surface area (Å²) < 4.78 is 7.49. The van der Waals surface area contributed by atoms with E-state index in [0.29, 0.717) is 13.2 Å². The summed E-state index contributed by atoms with van der Waals surface area (Å²) in [6, 6.07) is 13.1. The highest BCUT2D eigenvalue weighted by molar-refractivity contribution is 7.10. The molecule has 27 heavy (non-hydrogen) atoms. The zero-order valence-corrected chi connectivity index (χ0v) is 16.1. The molecule has 0 bridgehead atoms. The Balaban J connectivity index is 1.52. The Bertz CT molecular complexity index is 767. The molecule has 1 aromatic carbocycles. The Kier molecular flexibility index (Phi) is 6.87. The third-order valence-corrected chi connectivity index (χ3v) is 5.02. The van der Waals surface area contributed by atoms with Gasteiger partial charge < -0.3 is 15.4 Å². The summed E-state index contributed by atoms with van der Waals surface area (Å²) in [4.78, 5) is 13.4. The molecule has 0 aliphatic heterocycles. The molecule has 2 heterocycles. The standard InChI is InChI=1S/C20H24N4O2S/c1-2-3-13-26-17-9-7-16(8-10-17)23-20(25)21-15-18(19-6-4-14-27-19)24-12-5-11-22-24/h4-12,14,18H,2-3,13,15H2,1H3,(H2,21,23,25). The lowest BCUT2D eigenvalue weighted by Gasteiger charge is -2.17. The van der Waals surface area contributed by atoms with Crippen LogP contribution in [0, 0.1) is 0 Å². The summed E-state index contributed by atoms with van der Waals surface area (Å²) in [5.41, 5.74) is 0.724. The van der Waals surface area contributed by atoms with Gasteiger partial charge in [0.25, 0.3) is 0 Å². The van der Waals surface area contributed by atoms with Crippen molar-refractivity contribution in [1.29, 1.82) is 0 Å². The number of ether oxygens (including phenoxy) is 1. The Hall–Kier alpha value is -2.80. The quantitative estimate of drug-likeness (QED) is 0.533. The number of rotatable bonds is 9. The van der Waals surface area contributed by atoms with E-state index >= 15 is 0 Å². The average molecular weight is 385 g/mol. The minimum Gasteiger partial charge on any atom is -0.494 e. The van der Waals surface area contributed by atoms with Crippen LogP contribution in [0.25, 0.3) is 0 Å². The first kappa shape index (κ1) is 19.0. The molecule has 6 nitrogen and oxygen atoms in total. The number of carbonyl (C=O) groups is 1. The minimum absolute atomic E-state index is 0.0277. The van der Waals surface area contributed by atoms with Crippen LogP contribution in [0.1, 0.15) is 30.7 Å². The van der Waals surface area contributed by atoms with Gasteiger partial charge in [0, 0.05) is 29.5 Å². The van der Waals surface area contributed by atoms with Crippen LogP contribution in [0.2, 0.25) is 0 Å². The molecule has 0 fully saturated rings. The maximum atomic E-state index is 12.3. The van der Waals surface area contributed by atoms with Crippen LogP contribution in [0.3, 0.4) is 0 Å².